The summed E-state index contributed by atoms with van der Waals surface area (Å²) in [5.74, 6) is 0.740. The quantitative estimate of drug-likeness (QED) is 0.218. The van der Waals surface area contributed by atoms with E-state index in [2.05, 4.69) is 26.8 Å². The van der Waals surface area contributed by atoms with E-state index in [1.807, 2.05) is 23.6 Å². The third-order valence-corrected chi connectivity index (χ3v) is 5.90. The van der Waals surface area contributed by atoms with Crippen molar-refractivity contribution in [3.63, 3.8) is 0 Å². The molecule has 0 aliphatic rings. The van der Waals surface area contributed by atoms with Gasteiger partial charge in [-0.2, -0.15) is 4.98 Å². The molecule has 0 saturated carbocycles. The fraction of sp³-hybridized carbons (Fsp3) is 0.190. The number of rotatable bonds is 7. The highest BCUT2D eigenvalue weighted by Gasteiger charge is 2.20. The first-order chi connectivity index (χ1) is 14.6. The zero-order valence-corrected chi connectivity index (χ0v) is 17.7. The molecular formula is C21H18ClN5O2S. The fourth-order valence-electron chi connectivity index (χ4n) is 3.35. The van der Waals surface area contributed by atoms with Gasteiger partial charge in [-0.25, -0.2) is 4.98 Å². The first kappa shape index (κ1) is 20.2. The topological polar surface area (TPSA) is 85.0 Å². The molecular weight excluding hydrogens is 422 g/mol. The summed E-state index contributed by atoms with van der Waals surface area (Å²) in [4.78, 5) is 26.7. The average molecular weight is 440 g/mol. The van der Waals surface area contributed by atoms with E-state index in [1.165, 1.54) is 23.0 Å². The molecule has 0 radical (unpaired) electrons. The van der Waals surface area contributed by atoms with E-state index < -0.39 is 0 Å². The first-order valence-electron chi connectivity index (χ1n) is 9.40. The number of halogens is 1. The Kier molecular flexibility index (Phi) is 5.87. The summed E-state index contributed by atoms with van der Waals surface area (Å²) in [5, 5.41) is 14.2. The van der Waals surface area contributed by atoms with Crippen molar-refractivity contribution < 1.29 is 4.92 Å². The van der Waals surface area contributed by atoms with Crippen LogP contribution in [0.3, 0.4) is 0 Å². The van der Waals surface area contributed by atoms with Crippen LogP contribution in [0.2, 0.25) is 5.28 Å². The third-order valence-electron chi connectivity index (χ3n) is 4.86. The smallest absolute Gasteiger partial charge is 0.270 e. The second-order valence-corrected chi connectivity index (χ2v) is 7.83. The number of nitro benzene ring substituents is 1. The molecule has 0 spiro atoms. The number of aromatic nitrogens is 3. The summed E-state index contributed by atoms with van der Waals surface area (Å²) in [6, 6.07) is 10.6. The van der Waals surface area contributed by atoms with Crippen molar-refractivity contribution in [2.75, 3.05) is 18.0 Å². The maximum Gasteiger partial charge on any atom is 0.270 e. The maximum atomic E-state index is 11.2. The van der Waals surface area contributed by atoms with Crippen molar-refractivity contribution in [1.29, 1.82) is 0 Å². The Morgan fingerprint density at radius 1 is 1.20 bits per heavy atom. The molecule has 0 aliphatic carbocycles. The van der Waals surface area contributed by atoms with Crippen molar-refractivity contribution >= 4 is 44.7 Å². The van der Waals surface area contributed by atoms with E-state index >= 15 is 0 Å². The van der Waals surface area contributed by atoms with Gasteiger partial charge >= 0.3 is 0 Å². The number of pyridine rings is 1. The van der Waals surface area contributed by atoms with Crippen LogP contribution in [-0.2, 0) is 6.42 Å². The second-order valence-electron chi connectivity index (χ2n) is 6.64. The number of hydrogen-bond donors (Lipinski definition) is 0. The van der Waals surface area contributed by atoms with Crippen molar-refractivity contribution in [3.05, 3.63) is 75.1 Å². The van der Waals surface area contributed by atoms with Gasteiger partial charge in [0.1, 0.15) is 10.6 Å². The van der Waals surface area contributed by atoms with Gasteiger partial charge in [0.05, 0.1) is 10.3 Å². The van der Waals surface area contributed by atoms with Gasteiger partial charge in [-0.3, -0.25) is 15.1 Å². The molecule has 152 valence electrons. The number of thiophene rings is 1. The molecule has 3 aromatic heterocycles. The highest BCUT2D eigenvalue weighted by Crippen LogP contribution is 2.39. The molecule has 7 nitrogen and oxygen atoms in total. The minimum atomic E-state index is -0.389. The van der Waals surface area contributed by atoms with E-state index in [9.17, 15) is 10.1 Å². The van der Waals surface area contributed by atoms with Crippen LogP contribution in [-0.4, -0.2) is 33.0 Å². The number of likely N-dealkylation sites (N-methyl/N-ethyl adjacent to an activating group) is 1. The van der Waals surface area contributed by atoms with Gasteiger partial charge in [0.15, 0.2) is 0 Å². The summed E-state index contributed by atoms with van der Waals surface area (Å²) in [7, 11) is 0. The Balaban J connectivity index is 1.78. The van der Waals surface area contributed by atoms with Crippen molar-refractivity contribution in [1.82, 2.24) is 15.0 Å². The van der Waals surface area contributed by atoms with Crippen molar-refractivity contribution in [2.24, 2.45) is 0 Å². The highest BCUT2D eigenvalue weighted by atomic mass is 35.5. The van der Waals surface area contributed by atoms with E-state index in [0.717, 1.165) is 46.7 Å². The van der Waals surface area contributed by atoms with Crippen LogP contribution < -0.4 is 4.90 Å². The van der Waals surface area contributed by atoms with Gasteiger partial charge in [-0.05, 0) is 48.2 Å². The maximum absolute atomic E-state index is 11.2. The number of hydrogen-bond acceptors (Lipinski definition) is 7. The monoisotopic (exact) mass is 439 g/mol. The summed E-state index contributed by atoms with van der Waals surface area (Å²) in [6.07, 6.45) is 4.39. The number of anilines is 1. The molecule has 0 aliphatic heterocycles. The number of benzene rings is 1. The second kappa shape index (κ2) is 8.73. The Labute approximate surface area is 182 Å². The van der Waals surface area contributed by atoms with Crippen molar-refractivity contribution in [3.8, 4) is 11.1 Å². The Bertz CT molecular complexity index is 1200. The SMILES string of the molecule is CCN(CCc1ccncc1)c1nc(Cl)nc2scc(-c3cccc([N+](=O)[O-])c3)c12. The zero-order valence-electron chi connectivity index (χ0n) is 16.2. The van der Waals surface area contributed by atoms with E-state index in [-0.39, 0.29) is 15.9 Å². The van der Waals surface area contributed by atoms with Crippen LogP contribution in [0, 0.1) is 10.1 Å². The Morgan fingerprint density at radius 3 is 2.73 bits per heavy atom. The van der Waals surface area contributed by atoms with Crippen LogP contribution in [0.15, 0.2) is 54.2 Å². The molecule has 0 bridgehead atoms. The predicted octanol–water partition coefficient (Wildman–Crippen LogP) is 5.38. The molecule has 0 N–H and O–H groups in total. The lowest BCUT2D eigenvalue weighted by Crippen LogP contribution is -2.26. The first-order valence-corrected chi connectivity index (χ1v) is 10.7. The minimum absolute atomic E-state index is 0.0494. The van der Waals surface area contributed by atoms with Gasteiger partial charge < -0.3 is 4.90 Å². The van der Waals surface area contributed by atoms with Crippen molar-refractivity contribution in [2.45, 2.75) is 13.3 Å². The van der Waals surface area contributed by atoms with Crippen LogP contribution in [0.25, 0.3) is 21.3 Å². The fourth-order valence-corrected chi connectivity index (χ4v) is 4.51. The summed E-state index contributed by atoms with van der Waals surface area (Å²) < 4.78 is 0. The number of fused-ring (bicyclic) bond motifs is 1. The lowest BCUT2D eigenvalue weighted by molar-refractivity contribution is -0.384. The van der Waals surface area contributed by atoms with Crippen LogP contribution >= 0.6 is 22.9 Å². The summed E-state index contributed by atoms with van der Waals surface area (Å²) >= 11 is 7.68. The standard InChI is InChI=1S/C21H18ClN5O2S/c1-2-26(11-8-14-6-9-23-10-7-14)19-18-17(13-30-20(18)25-21(22)24-19)15-4-3-5-16(12-15)27(28)29/h3-7,9-10,12-13H,2,8,11H2,1H3. The normalized spacial score (nSPS) is 11.0. The molecule has 30 heavy (non-hydrogen) atoms. The molecule has 3 heterocycles. The van der Waals surface area contributed by atoms with Gasteiger partial charge in [-0.15, -0.1) is 11.3 Å². The average Bonchev–Trinajstić information content (AvgIpc) is 3.18. The number of non-ortho nitro benzene ring substituents is 1. The lowest BCUT2D eigenvalue weighted by atomic mass is 10.0. The molecule has 0 atom stereocenters. The van der Waals surface area contributed by atoms with Gasteiger partial charge in [0.2, 0.25) is 5.28 Å². The summed E-state index contributed by atoms with van der Waals surface area (Å²) in [5.41, 5.74) is 2.86. The minimum Gasteiger partial charge on any atom is -0.356 e. The molecule has 0 unspecified atom stereocenters. The molecule has 4 aromatic rings. The van der Waals surface area contributed by atoms with E-state index in [0.29, 0.717) is 0 Å². The molecule has 0 amide bonds. The number of nitrogens with zero attached hydrogens (tertiary/aromatic N) is 5. The predicted molar refractivity (Wildman–Crippen MR) is 120 cm³/mol. The lowest BCUT2D eigenvalue weighted by Gasteiger charge is -2.23. The van der Waals surface area contributed by atoms with E-state index in [4.69, 9.17) is 11.6 Å². The Morgan fingerprint density at radius 2 is 2.00 bits per heavy atom. The summed E-state index contributed by atoms with van der Waals surface area (Å²) in [6.45, 7) is 3.54. The molecule has 4 rings (SSSR count). The molecule has 0 saturated heterocycles. The van der Waals surface area contributed by atoms with Gasteiger partial charge in [-0.1, -0.05) is 12.1 Å². The van der Waals surface area contributed by atoms with Crippen LogP contribution in [0.1, 0.15) is 12.5 Å². The third kappa shape index (κ3) is 4.10. The van der Waals surface area contributed by atoms with Crippen LogP contribution in [0.4, 0.5) is 11.5 Å². The highest BCUT2D eigenvalue weighted by molar-refractivity contribution is 7.17. The Hall–Kier alpha value is -3.10. The molecule has 9 heteroatoms. The van der Waals surface area contributed by atoms with Gasteiger partial charge in [0, 0.05) is 48.6 Å². The molecule has 1 aromatic carbocycles. The van der Waals surface area contributed by atoms with E-state index in [1.54, 1.807) is 24.5 Å². The zero-order chi connectivity index (χ0) is 21.1. The number of nitro groups is 1. The van der Waals surface area contributed by atoms with Gasteiger partial charge in [0.25, 0.3) is 5.69 Å². The molecule has 0 fully saturated rings. The largest absolute Gasteiger partial charge is 0.356 e. The van der Waals surface area contributed by atoms with Crippen LogP contribution in [0.5, 0.6) is 0 Å².